The van der Waals surface area contributed by atoms with E-state index in [1.165, 1.54) is 16.2 Å². The standard InChI is InChI=1S/C22H25ClN8O7S3/c1-22(2,3)18(35)38-7-37-17(34)13-9(39-21-29-28-20(25-4)41-21)6-5-8-10(16(33)31(8)13)26-15(32)12(30-36)11-14(23)40-19(24)27-11/h8,10,36H,5-7H2,1-4H3,(H2,24,27)(H,25,28)(H,26,32)/b30-12-. The minimum absolute atomic E-state index is 0.0320. The van der Waals surface area contributed by atoms with Crippen molar-refractivity contribution in [3.8, 4) is 0 Å². The summed E-state index contributed by atoms with van der Waals surface area (Å²) in [5.41, 5.74) is 4.10. The molecular weight excluding hydrogens is 620 g/mol. The number of allylic oxidation sites excluding steroid dienone is 1. The number of esters is 2. The quantitative estimate of drug-likeness (QED) is 0.0769. The van der Waals surface area contributed by atoms with Gasteiger partial charge in [-0.05, 0) is 33.6 Å². The Kier molecular flexibility index (Phi) is 9.05. The van der Waals surface area contributed by atoms with Gasteiger partial charge >= 0.3 is 11.9 Å². The molecule has 220 valence electrons. The van der Waals surface area contributed by atoms with E-state index in [4.69, 9.17) is 26.8 Å². The zero-order chi connectivity index (χ0) is 30.1. The maximum absolute atomic E-state index is 13.3. The number of nitrogen functional groups attached to an aromatic ring is 1. The highest BCUT2D eigenvalue weighted by Crippen LogP contribution is 2.44. The number of halogens is 1. The molecule has 2 aliphatic rings. The molecule has 19 heteroatoms. The van der Waals surface area contributed by atoms with E-state index in [1.807, 2.05) is 0 Å². The van der Waals surface area contributed by atoms with Crippen molar-refractivity contribution in [1.29, 1.82) is 0 Å². The summed E-state index contributed by atoms with van der Waals surface area (Å²) in [5.74, 6) is -2.98. The van der Waals surface area contributed by atoms with Gasteiger partial charge in [-0.25, -0.2) is 9.78 Å². The number of ether oxygens (including phenoxy) is 2. The van der Waals surface area contributed by atoms with E-state index >= 15 is 0 Å². The molecule has 0 spiro atoms. The number of carbonyl (C=O) groups excluding carboxylic acids is 4. The van der Waals surface area contributed by atoms with Crippen LogP contribution in [-0.2, 0) is 28.7 Å². The number of anilines is 2. The third kappa shape index (κ3) is 6.39. The number of rotatable bonds is 9. The second kappa shape index (κ2) is 12.2. The molecule has 41 heavy (non-hydrogen) atoms. The number of hydrogen-bond acceptors (Lipinski definition) is 16. The summed E-state index contributed by atoms with van der Waals surface area (Å²) in [5, 5.41) is 26.5. The van der Waals surface area contributed by atoms with Crippen molar-refractivity contribution in [2.75, 3.05) is 24.9 Å². The van der Waals surface area contributed by atoms with Gasteiger partial charge in [0.05, 0.1) is 11.5 Å². The van der Waals surface area contributed by atoms with Gasteiger partial charge in [-0.1, -0.05) is 51.2 Å². The number of nitrogens with one attached hydrogen (secondary N) is 2. The van der Waals surface area contributed by atoms with Crippen LogP contribution >= 0.6 is 46.0 Å². The lowest BCUT2D eigenvalue weighted by molar-refractivity contribution is -0.174. The Hall–Kier alpha value is -3.48. The average Bonchev–Trinajstić information content (AvgIpc) is 3.51. The molecule has 2 unspecified atom stereocenters. The second-order valence-corrected chi connectivity index (χ2v) is 13.6. The Bertz CT molecular complexity index is 1450. The number of carbonyl (C=O) groups is 4. The molecule has 2 atom stereocenters. The van der Waals surface area contributed by atoms with E-state index in [0.717, 1.165) is 23.1 Å². The first kappa shape index (κ1) is 30.5. The number of aromatic nitrogens is 3. The van der Waals surface area contributed by atoms with Crippen molar-refractivity contribution in [1.82, 2.24) is 25.4 Å². The van der Waals surface area contributed by atoms with Crippen molar-refractivity contribution < 1.29 is 33.9 Å². The van der Waals surface area contributed by atoms with Crippen molar-refractivity contribution in [2.45, 2.75) is 50.0 Å². The number of thioether (sulfide) groups is 1. The summed E-state index contributed by atoms with van der Waals surface area (Å²) in [4.78, 5) is 57.2. The highest BCUT2D eigenvalue weighted by atomic mass is 35.5. The summed E-state index contributed by atoms with van der Waals surface area (Å²) in [7, 11) is 1.69. The van der Waals surface area contributed by atoms with E-state index < -0.39 is 53.8 Å². The summed E-state index contributed by atoms with van der Waals surface area (Å²) in [6, 6.07) is -1.66. The molecule has 0 saturated carbocycles. The summed E-state index contributed by atoms with van der Waals surface area (Å²) < 4.78 is 10.8. The monoisotopic (exact) mass is 644 g/mol. The molecule has 0 radical (unpaired) electrons. The van der Waals surface area contributed by atoms with Gasteiger partial charge in [0.15, 0.2) is 15.2 Å². The molecule has 2 amide bonds. The fraction of sp³-hybridized carbons (Fsp3) is 0.455. The lowest BCUT2D eigenvalue weighted by Gasteiger charge is -2.50. The molecule has 2 aromatic rings. The van der Waals surface area contributed by atoms with Gasteiger partial charge in [-0.3, -0.25) is 19.3 Å². The first-order chi connectivity index (χ1) is 19.3. The first-order valence-electron chi connectivity index (χ1n) is 11.9. The van der Waals surface area contributed by atoms with E-state index in [2.05, 4.69) is 31.0 Å². The van der Waals surface area contributed by atoms with Crippen LogP contribution in [0.1, 0.15) is 39.3 Å². The molecule has 15 nitrogen and oxygen atoms in total. The van der Waals surface area contributed by atoms with Crippen LogP contribution in [0.25, 0.3) is 0 Å². The Morgan fingerprint density at radius 1 is 1.27 bits per heavy atom. The lowest BCUT2D eigenvalue weighted by Crippen LogP contribution is -2.72. The predicted molar refractivity (Wildman–Crippen MR) is 151 cm³/mol. The third-order valence-electron chi connectivity index (χ3n) is 5.84. The lowest BCUT2D eigenvalue weighted by atomic mass is 9.86. The van der Waals surface area contributed by atoms with Crippen molar-refractivity contribution in [3.05, 3.63) is 20.6 Å². The molecule has 4 heterocycles. The van der Waals surface area contributed by atoms with Crippen LogP contribution in [0.3, 0.4) is 0 Å². The number of nitrogens with two attached hydrogens (primary N) is 1. The van der Waals surface area contributed by atoms with E-state index in [-0.39, 0.29) is 20.9 Å². The number of nitrogens with zero attached hydrogens (tertiary/aromatic N) is 5. The van der Waals surface area contributed by atoms with Crippen LogP contribution in [0.2, 0.25) is 4.34 Å². The van der Waals surface area contributed by atoms with Crippen LogP contribution < -0.4 is 16.4 Å². The van der Waals surface area contributed by atoms with Gasteiger partial charge in [-0.15, -0.1) is 10.2 Å². The molecule has 1 fully saturated rings. The van der Waals surface area contributed by atoms with Gasteiger partial charge in [-0.2, -0.15) is 0 Å². The fourth-order valence-corrected chi connectivity index (χ4v) is 6.72. The second-order valence-electron chi connectivity index (χ2n) is 9.62. The minimum atomic E-state index is -1.04. The zero-order valence-electron chi connectivity index (χ0n) is 22.1. The molecule has 5 N–H and O–H groups in total. The SMILES string of the molecule is CNc1nnc(SC2=C(C(=O)OCOC(=O)C(C)(C)C)N3C(=O)C(NC(=O)/C(=N\O)c4nc(N)sc4Cl)C3CC2)s1. The van der Waals surface area contributed by atoms with Crippen LogP contribution in [0.4, 0.5) is 10.3 Å². The van der Waals surface area contributed by atoms with Crippen molar-refractivity contribution >= 4 is 85.8 Å². The third-order valence-corrected chi connectivity index (χ3v) is 9.06. The molecule has 4 rings (SSSR count). The number of hydrogen-bond donors (Lipinski definition) is 4. The molecule has 0 aromatic carbocycles. The Balaban J connectivity index is 1.54. The number of oxime groups is 1. The van der Waals surface area contributed by atoms with Gasteiger partial charge in [0.2, 0.25) is 11.9 Å². The van der Waals surface area contributed by atoms with Gasteiger partial charge < -0.3 is 31.0 Å². The van der Waals surface area contributed by atoms with Crippen LogP contribution in [0.5, 0.6) is 0 Å². The summed E-state index contributed by atoms with van der Waals surface area (Å²) >= 11 is 9.34. The van der Waals surface area contributed by atoms with E-state index in [9.17, 15) is 24.4 Å². The van der Waals surface area contributed by atoms with E-state index in [0.29, 0.717) is 27.2 Å². The number of amides is 2. The van der Waals surface area contributed by atoms with Crippen molar-refractivity contribution in [2.24, 2.45) is 10.6 Å². The van der Waals surface area contributed by atoms with Gasteiger partial charge in [0, 0.05) is 12.0 Å². The normalized spacial score (nSPS) is 18.9. The smallest absolute Gasteiger partial charge is 0.358 e. The molecule has 2 aromatic heterocycles. The molecule has 0 bridgehead atoms. The predicted octanol–water partition coefficient (Wildman–Crippen LogP) is 2.03. The van der Waals surface area contributed by atoms with Crippen molar-refractivity contribution in [3.63, 3.8) is 0 Å². The Morgan fingerprint density at radius 2 is 2.00 bits per heavy atom. The largest absolute Gasteiger partial charge is 0.427 e. The maximum atomic E-state index is 13.3. The fourth-order valence-electron chi connectivity index (χ4n) is 3.87. The first-order valence-corrected chi connectivity index (χ1v) is 14.7. The van der Waals surface area contributed by atoms with Gasteiger partial charge in [0.1, 0.15) is 21.8 Å². The number of thiazole rings is 1. The Labute approximate surface area is 250 Å². The number of β-lactam (4-membered cyclic amide) rings is 1. The van der Waals surface area contributed by atoms with Gasteiger partial charge in [0.25, 0.3) is 11.8 Å². The molecule has 1 saturated heterocycles. The highest BCUT2D eigenvalue weighted by molar-refractivity contribution is 8.04. The highest BCUT2D eigenvalue weighted by Gasteiger charge is 2.54. The minimum Gasteiger partial charge on any atom is -0.427 e. The molecule has 0 aliphatic carbocycles. The number of fused-ring (bicyclic) bond motifs is 1. The molecular formula is C22H25ClN8O7S3. The maximum Gasteiger partial charge on any atom is 0.358 e. The average molecular weight is 645 g/mol. The zero-order valence-corrected chi connectivity index (χ0v) is 25.3. The van der Waals surface area contributed by atoms with Crippen LogP contribution in [0.15, 0.2) is 20.1 Å². The van der Waals surface area contributed by atoms with Crippen LogP contribution in [-0.4, -0.2) is 80.7 Å². The summed E-state index contributed by atoms with van der Waals surface area (Å²) in [6.07, 6.45) is 0.712. The Morgan fingerprint density at radius 3 is 2.59 bits per heavy atom. The van der Waals surface area contributed by atoms with E-state index in [1.54, 1.807) is 27.8 Å². The molecule has 2 aliphatic heterocycles. The topological polar surface area (TPSA) is 211 Å². The summed E-state index contributed by atoms with van der Waals surface area (Å²) in [6.45, 7) is 4.30. The van der Waals surface area contributed by atoms with Crippen LogP contribution in [0, 0.1) is 5.41 Å².